The van der Waals surface area contributed by atoms with Gasteiger partial charge >= 0.3 is 0 Å². The van der Waals surface area contributed by atoms with Crippen LogP contribution in [0.1, 0.15) is 40.0 Å². The van der Waals surface area contributed by atoms with Gasteiger partial charge in [0.05, 0.1) is 0 Å². The van der Waals surface area contributed by atoms with E-state index < -0.39 is 0 Å². The molecule has 3 rings (SSSR count). The molecular weight excluding hydrogens is 272 g/mol. The zero-order chi connectivity index (χ0) is 14.5. The van der Waals surface area contributed by atoms with Crippen molar-refractivity contribution in [2.75, 3.05) is 18.1 Å². The van der Waals surface area contributed by atoms with Gasteiger partial charge in [-0.3, -0.25) is 9.59 Å². The van der Waals surface area contributed by atoms with Crippen LogP contribution in [-0.4, -0.2) is 46.3 Å². The first-order valence-corrected chi connectivity index (χ1v) is 8.66. The molecule has 2 aliphatic heterocycles. The molecule has 0 radical (unpaired) electrons. The Balaban J connectivity index is 1.51. The molecule has 0 aromatic heterocycles. The van der Waals surface area contributed by atoms with Crippen LogP contribution in [0, 0.1) is 11.3 Å². The standard InChI is InChI=1S/C15H24N2O2S/c1-14(2,3)17-5-4-11(13(17)19)16-12(18)10-6-15(7-10)8-20-9-15/h10-11H,4-9H2,1-3H3,(H,16,18). The van der Waals surface area contributed by atoms with Crippen molar-refractivity contribution in [2.45, 2.75) is 51.6 Å². The van der Waals surface area contributed by atoms with Crippen LogP contribution < -0.4 is 5.32 Å². The van der Waals surface area contributed by atoms with Crippen molar-refractivity contribution in [3.63, 3.8) is 0 Å². The number of rotatable bonds is 2. The Morgan fingerprint density at radius 1 is 1.35 bits per heavy atom. The lowest BCUT2D eigenvalue weighted by Crippen LogP contribution is -2.55. The molecule has 2 saturated heterocycles. The van der Waals surface area contributed by atoms with Crippen LogP contribution in [0.4, 0.5) is 0 Å². The van der Waals surface area contributed by atoms with Crippen LogP contribution in [0.15, 0.2) is 0 Å². The molecule has 1 atom stereocenters. The number of amides is 2. The molecule has 4 nitrogen and oxygen atoms in total. The Morgan fingerprint density at radius 3 is 2.45 bits per heavy atom. The minimum atomic E-state index is -0.297. The van der Waals surface area contributed by atoms with E-state index in [1.54, 1.807) is 0 Å². The Kier molecular flexibility index (Phi) is 3.31. The first-order valence-electron chi connectivity index (χ1n) is 7.50. The van der Waals surface area contributed by atoms with Crippen molar-refractivity contribution in [1.29, 1.82) is 0 Å². The fourth-order valence-electron chi connectivity index (χ4n) is 3.57. The highest BCUT2D eigenvalue weighted by molar-refractivity contribution is 8.00. The van der Waals surface area contributed by atoms with E-state index in [-0.39, 0.29) is 29.3 Å². The Morgan fingerprint density at radius 2 is 2.00 bits per heavy atom. The number of hydrogen-bond acceptors (Lipinski definition) is 3. The van der Waals surface area contributed by atoms with Gasteiger partial charge in [0.1, 0.15) is 6.04 Å². The lowest BCUT2D eigenvalue weighted by Gasteiger charge is -2.52. The predicted octanol–water partition coefficient (Wildman–Crippen LogP) is 1.65. The van der Waals surface area contributed by atoms with Crippen molar-refractivity contribution < 1.29 is 9.59 Å². The average Bonchev–Trinajstić information content (AvgIpc) is 2.55. The second-order valence-electron chi connectivity index (χ2n) is 7.61. The summed E-state index contributed by atoms with van der Waals surface area (Å²) in [6.07, 6.45) is 2.79. The van der Waals surface area contributed by atoms with Crippen LogP contribution in [0.2, 0.25) is 0 Å². The third kappa shape index (κ3) is 2.34. The zero-order valence-electron chi connectivity index (χ0n) is 12.6. The summed E-state index contributed by atoms with van der Waals surface area (Å²) in [7, 11) is 0. The molecule has 3 fully saturated rings. The molecule has 1 aliphatic carbocycles. The maximum atomic E-state index is 12.3. The Bertz CT molecular complexity index is 432. The molecule has 2 amide bonds. The SMILES string of the molecule is CC(C)(C)N1CCC(NC(=O)C2CC3(CSC3)C2)C1=O. The molecule has 5 heteroatoms. The summed E-state index contributed by atoms with van der Waals surface area (Å²) in [5.74, 6) is 2.77. The molecule has 112 valence electrons. The molecule has 1 saturated carbocycles. The number of thioether (sulfide) groups is 1. The summed E-state index contributed by atoms with van der Waals surface area (Å²) in [6.45, 7) is 6.87. The van der Waals surface area contributed by atoms with E-state index in [0.717, 1.165) is 25.8 Å². The molecule has 3 aliphatic rings. The number of nitrogens with zero attached hydrogens (tertiary/aromatic N) is 1. The summed E-state index contributed by atoms with van der Waals surface area (Å²) in [6, 6.07) is -0.297. The fraction of sp³-hybridized carbons (Fsp3) is 0.867. The number of carbonyl (C=O) groups is 2. The summed E-state index contributed by atoms with van der Waals surface area (Å²) < 4.78 is 0. The van der Waals surface area contributed by atoms with E-state index in [0.29, 0.717) is 5.41 Å². The third-order valence-corrected chi connectivity index (χ3v) is 6.51. The molecule has 0 aromatic rings. The van der Waals surface area contributed by atoms with Gasteiger partial charge in [-0.2, -0.15) is 11.8 Å². The summed E-state index contributed by atoms with van der Waals surface area (Å²) in [5.41, 5.74) is 0.323. The van der Waals surface area contributed by atoms with Crippen LogP contribution in [-0.2, 0) is 9.59 Å². The Labute approximate surface area is 125 Å². The smallest absolute Gasteiger partial charge is 0.245 e. The molecule has 2 heterocycles. The van der Waals surface area contributed by atoms with Gasteiger partial charge in [-0.1, -0.05) is 0 Å². The van der Waals surface area contributed by atoms with E-state index in [2.05, 4.69) is 5.32 Å². The molecular formula is C15H24N2O2S. The van der Waals surface area contributed by atoms with Gasteiger partial charge in [-0.05, 0) is 57.0 Å². The van der Waals surface area contributed by atoms with Crippen molar-refractivity contribution in [1.82, 2.24) is 10.2 Å². The van der Waals surface area contributed by atoms with E-state index in [1.165, 1.54) is 11.5 Å². The van der Waals surface area contributed by atoms with Crippen LogP contribution in [0.5, 0.6) is 0 Å². The van der Waals surface area contributed by atoms with Crippen LogP contribution in [0.25, 0.3) is 0 Å². The minimum Gasteiger partial charge on any atom is -0.344 e. The highest BCUT2D eigenvalue weighted by Gasteiger charge is 2.52. The van der Waals surface area contributed by atoms with E-state index in [4.69, 9.17) is 0 Å². The largest absolute Gasteiger partial charge is 0.344 e. The quantitative estimate of drug-likeness (QED) is 0.843. The monoisotopic (exact) mass is 296 g/mol. The topological polar surface area (TPSA) is 49.4 Å². The van der Waals surface area contributed by atoms with Crippen LogP contribution in [0.3, 0.4) is 0 Å². The molecule has 20 heavy (non-hydrogen) atoms. The molecule has 0 aromatic carbocycles. The average molecular weight is 296 g/mol. The number of likely N-dealkylation sites (tertiary alicyclic amines) is 1. The third-order valence-electron chi connectivity index (χ3n) is 4.88. The first-order chi connectivity index (χ1) is 9.31. The van der Waals surface area contributed by atoms with Gasteiger partial charge in [0.25, 0.3) is 0 Å². The summed E-state index contributed by atoms with van der Waals surface area (Å²) in [5, 5.41) is 2.98. The maximum Gasteiger partial charge on any atom is 0.245 e. The first kappa shape index (κ1) is 14.2. The number of hydrogen-bond donors (Lipinski definition) is 1. The normalized spacial score (nSPS) is 29.2. The van der Waals surface area contributed by atoms with E-state index in [9.17, 15) is 9.59 Å². The van der Waals surface area contributed by atoms with E-state index in [1.807, 2.05) is 37.4 Å². The van der Waals surface area contributed by atoms with Crippen molar-refractivity contribution in [3.05, 3.63) is 0 Å². The van der Waals surface area contributed by atoms with Crippen LogP contribution >= 0.6 is 11.8 Å². The minimum absolute atomic E-state index is 0.0825. The van der Waals surface area contributed by atoms with Gasteiger partial charge in [-0.15, -0.1) is 0 Å². The summed E-state index contributed by atoms with van der Waals surface area (Å²) in [4.78, 5) is 26.4. The maximum absolute atomic E-state index is 12.3. The van der Waals surface area contributed by atoms with Gasteiger partial charge < -0.3 is 10.2 Å². The fourth-order valence-corrected chi connectivity index (χ4v) is 4.82. The van der Waals surface area contributed by atoms with Gasteiger partial charge in [0, 0.05) is 18.0 Å². The molecule has 1 spiro atoms. The van der Waals surface area contributed by atoms with Crippen molar-refractivity contribution in [3.8, 4) is 0 Å². The number of carbonyl (C=O) groups excluding carboxylic acids is 2. The predicted molar refractivity (Wildman–Crippen MR) is 80.5 cm³/mol. The van der Waals surface area contributed by atoms with E-state index >= 15 is 0 Å². The summed E-state index contributed by atoms with van der Waals surface area (Å²) >= 11 is 1.98. The van der Waals surface area contributed by atoms with Crippen molar-refractivity contribution in [2.24, 2.45) is 11.3 Å². The van der Waals surface area contributed by atoms with Gasteiger partial charge in [0.15, 0.2) is 0 Å². The highest BCUT2D eigenvalue weighted by Crippen LogP contribution is 2.55. The molecule has 0 bridgehead atoms. The zero-order valence-corrected chi connectivity index (χ0v) is 13.4. The Hall–Kier alpha value is -0.710. The van der Waals surface area contributed by atoms with Crippen molar-refractivity contribution >= 4 is 23.6 Å². The lowest BCUT2D eigenvalue weighted by molar-refractivity contribution is -0.139. The lowest BCUT2D eigenvalue weighted by atomic mass is 9.63. The van der Waals surface area contributed by atoms with Gasteiger partial charge in [0.2, 0.25) is 11.8 Å². The highest BCUT2D eigenvalue weighted by atomic mass is 32.2. The second-order valence-corrected chi connectivity index (χ2v) is 8.59. The molecule has 1 unspecified atom stereocenters. The molecule has 1 N–H and O–H groups in total. The number of nitrogens with one attached hydrogen (secondary N) is 1. The second kappa shape index (κ2) is 4.65. The van der Waals surface area contributed by atoms with Gasteiger partial charge in [-0.25, -0.2) is 0 Å².